The second-order valence-corrected chi connectivity index (χ2v) is 3.68. The highest BCUT2D eigenvalue weighted by molar-refractivity contribution is 4.93. The Kier molecular flexibility index (Phi) is 1.56. The molecule has 2 fully saturated rings. The van der Waals surface area contributed by atoms with Crippen molar-refractivity contribution in [2.24, 2.45) is 0 Å². The SMILES string of the molecule is c1nnn(C2CN(C3CNC3)C2)n1. The molecule has 0 saturated carbocycles. The molecule has 0 aliphatic carbocycles. The topological polar surface area (TPSA) is 58.9 Å². The van der Waals surface area contributed by atoms with Crippen LogP contribution in [0, 0.1) is 0 Å². The Morgan fingerprint density at radius 2 is 2.08 bits per heavy atom. The zero-order valence-corrected chi connectivity index (χ0v) is 7.30. The molecule has 0 amide bonds. The van der Waals surface area contributed by atoms with Gasteiger partial charge in [0.25, 0.3) is 0 Å². The number of hydrogen-bond acceptors (Lipinski definition) is 5. The summed E-state index contributed by atoms with van der Waals surface area (Å²) in [5, 5.41) is 14.9. The third-order valence-electron chi connectivity index (χ3n) is 2.86. The van der Waals surface area contributed by atoms with E-state index in [-0.39, 0.29) is 0 Å². The number of likely N-dealkylation sites (tertiary alicyclic amines) is 1. The van der Waals surface area contributed by atoms with Crippen LogP contribution in [0.15, 0.2) is 6.33 Å². The van der Waals surface area contributed by atoms with E-state index in [1.54, 1.807) is 4.80 Å². The van der Waals surface area contributed by atoms with E-state index >= 15 is 0 Å². The van der Waals surface area contributed by atoms with E-state index in [4.69, 9.17) is 0 Å². The summed E-state index contributed by atoms with van der Waals surface area (Å²) in [7, 11) is 0. The Bertz CT molecular complexity index is 273. The Balaban J connectivity index is 1.57. The van der Waals surface area contributed by atoms with Crippen LogP contribution in [0.5, 0.6) is 0 Å². The first-order valence-electron chi connectivity index (χ1n) is 4.61. The zero-order valence-electron chi connectivity index (χ0n) is 7.30. The highest BCUT2D eigenvalue weighted by Crippen LogP contribution is 2.22. The van der Waals surface area contributed by atoms with Crippen LogP contribution < -0.4 is 5.32 Å². The summed E-state index contributed by atoms with van der Waals surface area (Å²) >= 11 is 0. The minimum atomic E-state index is 0.447. The van der Waals surface area contributed by atoms with E-state index in [0.717, 1.165) is 32.2 Å². The van der Waals surface area contributed by atoms with Crippen molar-refractivity contribution in [3.63, 3.8) is 0 Å². The first-order chi connectivity index (χ1) is 6.43. The highest BCUT2D eigenvalue weighted by atomic mass is 15.6. The molecule has 0 spiro atoms. The van der Waals surface area contributed by atoms with Crippen molar-refractivity contribution < 1.29 is 0 Å². The summed E-state index contributed by atoms with van der Waals surface area (Å²) in [6, 6.07) is 1.20. The fourth-order valence-corrected chi connectivity index (χ4v) is 1.81. The van der Waals surface area contributed by atoms with Gasteiger partial charge in [-0.2, -0.15) is 4.80 Å². The maximum Gasteiger partial charge on any atom is 0.162 e. The Labute approximate surface area is 75.9 Å². The molecule has 0 atom stereocenters. The number of nitrogens with zero attached hydrogens (tertiary/aromatic N) is 5. The van der Waals surface area contributed by atoms with Crippen LogP contribution in [0.25, 0.3) is 0 Å². The molecular formula is C7H12N6. The fraction of sp³-hybridized carbons (Fsp3) is 0.857. The van der Waals surface area contributed by atoms with Crippen molar-refractivity contribution in [2.45, 2.75) is 12.1 Å². The van der Waals surface area contributed by atoms with Gasteiger partial charge in [0.15, 0.2) is 6.33 Å². The number of tetrazole rings is 1. The Morgan fingerprint density at radius 3 is 2.62 bits per heavy atom. The zero-order chi connectivity index (χ0) is 8.67. The maximum atomic E-state index is 4.03. The third kappa shape index (κ3) is 1.13. The van der Waals surface area contributed by atoms with E-state index in [0.29, 0.717) is 6.04 Å². The molecule has 6 heteroatoms. The molecule has 3 heterocycles. The third-order valence-corrected chi connectivity index (χ3v) is 2.86. The lowest BCUT2D eigenvalue weighted by atomic mass is 10.0. The van der Waals surface area contributed by atoms with Gasteiger partial charge in [-0.05, 0) is 5.21 Å². The second kappa shape index (κ2) is 2.74. The van der Waals surface area contributed by atoms with E-state index in [1.807, 2.05) is 0 Å². The highest BCUT2D eigenvalue weighted by Gasteiger charge is 2.36. The molecule has 0 bridgehead atoms. The van der Waals surface area contributed by atoms with Gasteiger partial charge in [0.2, 0.25) is 0 Å². The molecule has 0 radical (unpaired) electrons. The molecule has 2 aliphatic rings. The average Bonchev–Trinajstić information content (AvgIpc) is 2.42. The van der Waals surface area contributed by atoms with Crippen molar-refractivity contribution >= 4 is 0 Å². The number of hydrogen-bond donors (Lipinski definition) is 1. The van der Waals surface area contributed by atoms with Crippen LogP contribution >= 0.6 is 0 Å². The molecule has 1 N–H and O–H groups in total. The van der Waals surface area contributed by atoms with Crippen LogP contribution in [-0.4, -0.2) is 57.3 Å². The van der Waals surface area contributed by atoms with Gasteiger partial charge in [-0.3, -0.25) is 4.90 Å². The summed E-state index contributed by atoms with van der Waals surface area (Å²) < 4.78 is 0. The predicted molar refractivity (Wildman–Crippen MR) is 45.1 cm³/mol. The first-order valence-corrected chi connectivity index (χ1v) is 4.61. The smallest absolute Gasteiger partial charge is 0.162 e. The fourth-order valence-electron chi connectivity index (χ4n) is 1.81. The normalized spacial score (nSPS) is 25.5. The molecule has 70 valence electrons. The monoisotopic (exact) mass is 180 g/mol. The largest absolute Gasteiger partial charge is 0.314 e. The van der Waals surface area contributed by atoms with Crippen molar-refractivity contribution in [1.82, 2.24) is 30.4 Å². The molecule has 1 aromatic rings. The van der Waals surface area contributed by atoms with Gasteiger partial charge >= 0.3 is 0 Å². The number of rotatable bonds is 2. The van der Waals surface area contributed by atoms with E-state index in [9.17, 15) is 0 Å². The lowest BCUT2D eigenvalue weighted by Gasteiger charge is -2.47. The number of nitrogens with one attached hydrogen (secondary N) is 1. The minimum absolute atomic E-state index is 0.447. The van der Waals surface area contributed by atoms with E-state index < -0.39 is 0 Å². The van der Waals surface area contributed by atoms with Crippen molar-refractivity contribution in [3.8, 4) is 0 Å². The molecule has 6 nitrogen and oxygen atoms in total. The van der Waals surface area contributed by atoms with Gasteiger partial charge in [-0.25, -0.2) is 0 Å². The van der Waals surface area contributed by atoms with Crippen LogP contribution in [0.2, 0.25) is 0 Å². The Hall–Kier alpha value is -1.01. The molecule has 0 unspecified atom stereocenters. The Morgan fingerprint density at radius 1 is 1.23 bits per heavy atom. The minimum Gasteiger partial charge on any atom is -0.314 e. The van der Waals surface area contributed by atoms with E-state index in [1.165, 1.54) is 6.33 Å². The van der Waals surface area contributed by atoms with Crippen molar-refractivity contribution in [1.29, 1.82) is 0 Å². The lowest BCUT2D eigenvalue weighted by molar-refractivity contribution is 0.0229. The molecular weight excluding hydrogens is 168 g/mol. The molecule has 3 rings (SSSR count). The van der Waals surface area contributed by atoms with Crippen LogP contribution in [0.4, 0.5) is 0 Å². The average molecular weight is 180 g/mol. The predicted octanol–water partition coefficient (Wildman–Crippen LogP) is -1.50. The number of aromatic nitrogens is 4. The quantitative estimate of drug-likeness (QED) is 0.600. The van der Waals surface area contributed by atoms with Gasteiger partial charge in [0, 0.05) is 32.2 Å². The summed E-state index contributed by atoms with van der Waals surface area (Å²) in [5.41, 5.74) is 0. The van der Waals surface area contributed by atoms with Gasteiger partial charge in [0.05, 0.1) is 6.04 Å². The van der Waals surface area contributed by atoms with Crippen LogP contribution in [0.1, 0.15) is 6.04 Å². The van der Waals surface area contributed by atoms with Crippen molar-refractivity contribution in [3.05, 3.63) is 6.33 Å². The first kappa shape index (κ1) is 7.40. The maximum absolute atomic E-state index is 4.03. The molecule has 0 aromatic carbocycles. The van der Waals surface area contributed by atoms with Crippen molar-refractivity contribution in [2.75, 3.05) is 26.2 Å². The summed E-state index contributed by atoms with van der Waals surface area (Å²) in [5.74, 6) is 0. The standard InChI is InChI=1S/C7H12N6/c1-6(2-8-1)12-3-7(4-12)13-10-5-9-11-13/h5-8H,1-4H2. The van der Waals surface area contributed by atoms with Gasteiger partial charge in [0.1, 0.15) is 0 Å². The van der Waals surface area contributed by atoms with Gasteiger partial charge < -0.3 is 5.32 Å². The summed E-state index contributed by atoms with van der Waals surface area (Å²) in [6.45, 7) is 4.42. The molecule has 13 heavy (non-hydrogen) atoms. The van der Waals surface area contributed by atoms with E-state index in [2.05, 4.69) is 25.6 Å². The van der Waals surface area contributed by atoms with Gasteiger partial charge in [-0.1, -0.05) is 0 Å². The van der Waals surface area contributed by atoms with Crippen LogP contribution in [0.3, 0.4) is 0 Å². The molecule has 1 aromatic heterocycles. The summed E-state index contributed by atoms with van der Waals surface area (Å²) in [4.78, 5) is 4.17. The van der Waals surface area contributed by atoms with Crippen LogP contribution in [-0.2, 0) is 0 Å². The molecule has 2 saturated heterocycles. The van der Waals surface area contributed by atoms with Gasteiger partial charge in [-0.15, -0.1) is 10.2 Å². The second-order valence-electron chi connectivity index (χ2n) is 3.68. The summed E-state index contributed by atoms with van der Waals surface area (Å²) in [6.07, 6.45) is 1.49. The lowest BCUT2D eigenvalue weighted by Crippen LogP contribution is -2.64. The molecule has 2 aliphatic heterocycles.